The number of likely N-dealkylation sites (tertiary alicyclic amines) is 1. The molecule has 5 nitrogen and oxygen atoms in total. The van der Waals surface area contributed by atoms with E-state index < -0.39 is 0 Å². The third-order valence-corrected chi connectivity index (χ3v) is 4.44. The molecule has 2 heterocycles. The van der Waals surface area contributed by atoms with Crippen LogP contribution in [-0.2, 0) is 0 Å². The number of nitrogen functional groups attached to an aromatic ring is 1. The Morgan fingerprint density at radius 2 is 1.90 bits per heavy atom. The Labute approximate surface area is 124 Å². The van der Waals surface area contributed by atoms with Crippen LogP contribution in [0.25, 0.3) is 0 Å². The summed E-state index contributed by atoms with van der Waals surface area (Å²) in [6, 6.07) is 5.10. The average molecular weight is 287 g/mol. The second-order valence-electron chi connectivity index (χ2n) is 5.82. The van der Waals surface area contributed by atoms with Crippen molar-refractivity contribution in [1.29, 1.82) is 0 Å². The predicted molar refractivity (Wildman–Crippen MR) is 81.1 cm³/mol. The average Bonchev–Trinajstić information content (AvgIpc) is 2.74. The third kappa shape index (κ3) is 2.31. The van der Waals surface area contributed by atoms with E-state index in [4.69, 9.17) is 5.73 Å². The van der Waals surface area contributed by atoms with Crippen LogP contribution in [0.1, 0.15) is 46.9 Å². The molecule has 5 heteroatoms. The molecule has 0 aromatic heterocycles. The molecule has 0 bridgehead atoms. The van der Waals surface area contributed by atoms with Gasteiger partial charge in [-0.2, -0.15) is 0 Å². The van der Waals surface area contributed by atoms with Gasteiger partial charge in [0.05, 0.1) is 11.1 Å². The lowest BCUT2D eigenvalue weighted by Gasteiger charge is -2.35. The van der Waals surface area contributed by atoms with Crippen LogP contribution in [0.3, 0.4) is 0 Å². The van der Waals surface area contributed by atoms with E-state index in [9.17, 15) is 9.59 Å². The van der Waals surface area contributed by atoms with Crippen molar-refractivity contribution in [2.45, 2.75) is 32.2 Å². The summed E-state index contributed by atoms with van der Waals surface area (Å²) in [6.45, 7) is 5.14. The molecule has 0 aliphatic carbocycles. The fraction of sp³-hybridized carbons (Fsp3) is 0.500. The Hall–Kier alpha value is -1.88. The van der Waals surface area contributed by atoms with Crippen LogP contribution in [0.2, 0.25) is 0 Å². The lowest BCUT2D eigenvalue weighted by molar-refractivity contribution is 0.0503. The highest BCUT2D eigenvalue weighted by molar-refractivity contribution is 6.23. The number of amides is 2. The molecule has 2 N–H and O–H groups in total. The number of carbonyl (C=O) groups is 2. The Kier molecular flexibility index (Phi) is 3.68. The molecule has 3 rings (SSSR count). The van der Waals surface area contributed by atoms with Crippen LogP contribution in [0.4, 0.5) is 5.69 Å². The SMILES string of the molecule is CCCN1CCC(N2C(=O)c3cccc(N)c3C2=O)CC1. The zero-order valence-corrected chi connectivity index (χ0v) is 12.3. The van der Waals surface area contributed by atoms with Gasteiger partial charge < -0.3 is 10.6 Å². The maximum absolute atomic E-state index is 12.5. The van der Waals surface area contributed by atoms with Gasteiger partial charge in [-0.05, 0) is 37.9 Å². The minimum absolute atomic E-state index is 0.00454. The third-order valence-electron chi connectivity index (χ3n) is 4.44. The number of piperidine rings is 1. The number of anilines is 1. The first-order chi connectivity index (χ1) is 10.1. The maximum atomic E-state index is 12.5. The largest absolute Gasteiger partial charge is 0.398 e. The molecule has 21 heavy (non-hydrogen) atoms. The van der Waals surface area contributed by atoms with Gasteiger partial charge >= 0.3 is 0 Å². The first kappa shape index (κ1) is 14.1. The predicted octanol–water partition coefficient (Wildman–Crippen LogP) is 1.74. The van der Waals surface area contributed by atoms with Crippen molar-refractivity contribution in [3.63, 3.8) is 0 Å². The van der Waals surface area contributed by atoms with Crippen molar-refractivity contribution in [3.05, 3.63) is 29.3 Å². The number of imide groups is 1. The highest BCUT2D eigenvalue weighted by Gasteiger charge is 2.41. The number of fused-ring (bicyclic) bond motifs is 1. The van der Waals surface area contributed by atoms with E-state index in [1.807, 2.05) is 0 Å². The number of carbonyl (C=O) groups excluding carboxylic acids is 2. The Morgan fingerprint density at radius 1 is 1.19 bits per heavy atom. The van der Waals surface area contributed by atoms with Gasteiger partial charge in [0.25, 0.3) is 11.8 Å². The van der Waals surface area contributed by atoms with E-state index in [0.29, 0.717) is 16.8 Å². The van der Waals surface area contributed by atoms with Crippen molar-refractivity contribution in [2.75, 3.05) is 25.4 Å². The first-order valence-corrected chi connectivity index (χ1v) is 7.62. The highest BCUT2D eigenvalue weighted by Crippen LogP contribution is 2.31. The van der Waals surface area contributed by atoms with Gasteiger partial charge in [0.1, 0.15) is 0 Å². The Bertz CT molecular complexity index is 577. The lowest BCUT2D eigenvalue weighted by atomic mass is 10.0. The number of rotatable bonds is 3. The molecule has 2 aliphatic rings. The number of nitrogens with two attached hydrogens (primary N) is 1. The molecule has 0 spiro atoms. The molecule has 0 unspecified atom stereocenters. The molecule has 1 saturated heterocycles. The van der Waals surface area contributed by atoms with E-state index in [1.165, 1.54) is 4.90 Å². The standard InChI is InChI=1S/C16H21N3O2/c1-2-8-18-9-6-11(7-10-18)19-15(20)12-4-3-5-13(17)14(12)16(19)21/h3-5,11H,2,6-10,17H2,1H3. The number of nitrogens with zero attached hydrogens (tertiary/aromatic N) is 2. The zero-order chi connectivity index (χ0) is 15.0. The van der Waals surface area contributed by atoms with Gasteiger partial charge in [0, 0.05) is 24.8 Å². The summed E-state index contributed by atoms with van der Waals surface area (Å²) < 4.78 is 0. The van der Waals surface area contributed by atoms with E-state index in [-0.39, 0.29) is 17.9 Å². The van der Waals surface area contributed by atoms with E-state index in [1.54, 1.807) is 18.2 Å². The quantitative estimate of drug-likeness (QED) is 0.679. The molecule has 1 aromatic carbocycles. The maximum Gasteiger partial charge on any atom is 0.263 e. The molecular weight excluding hydrogens is 266 g/mol. The summed E-state index contributed by atoms with van der Waals surface area (Å²) in [7, 11) is 0. The van der Waals surface area contributed by atoms with Crippen LogP contribution in [0.15, 0.2) is 18.2 Å². The van der Waals surface area contributed by atoms with E-state index in [0.717, 1.165) is 38.9 Å². The number of benzene rings is 1. The fourth-order valence-corrected chi connectivity index (χ4v) is 3.38. The molecule has 0 radical (unpaired) electrons. The van der Waals surface area contributed by atoms with Crippen molar-refractivity contribution in [2.24, 2.45) is 0 Å². The molecular formula is C16H21N3O2. The van der Waals surface area contributed by atoms with Crippen LogP contribution in [0.5, 0.6) is 0 Å². The van der Waals surface area contributed by atoms with Crippen molar-refractivity contribution >= 4 is 17.5 Å². The molecule has 2 amide bonds. The van der Waals surface area contributed by atoms with Gasteiger partial charge in [-0.1, -0.05) is 13.0 Å². The Balaban J connectivity index is 1.78. The van der Waals surface area contributed by atoms with Gasteiger partial charge in [-0.25, -0.2) is 0 Å². The zero-order valence-electron chi connectivity index (χ0n) is 12.3. The van der Waals surface area contributed by atoms with Crippen molar-refractivity contribution in [3.8, 4) is 0 Å². The minimum Gasteiger partial charge on any atom is -0.398 e. The Morgan fingerprint density at radius 3 is 2.52 bits per heavy atom. The lowest BCUT2D eigenvalue weighted by Crippen LogP contribution is -2.47. The van der Waals surface area contributed by atoms with Crippen LogP contribution >= 0.6 is 0 Å². The van der Waals surface area contributed by atoms with E-state index in [2.05, 4.69) is 11.8 Å². The second kappa shape index (κ2) is 5.48. The summed E-state index contributed by atoms with van der Waals surface area (Å²) in [4.78, 5) is 28.9. The summed E-state index contributed by atoms with van der Waals surface area (Å²) >= 11 is 0. The topological polar surface area (TPSA) is 66.6 Å². The van der Waals surface area contributed by atoms with E-state index >= 15 is 0 Å². The normalized spacial score (nSPS) is 20.1. The molecule has 1 aromatic rings. The van der Waals surface area contributed by atoms with Crippen LogP contribution < -0.4 is 5.73 Å². The second-order valence-corrected chi connectivity index (χ2v) is 5.82. The molecule has 1 fully saturated rings. The van der Waals surface area contributed by atoms with Crippen LogP contribution in [-0.4, -0.2) is 47.3 Å². The van der Waals surface area contributed by atoms with Crippen molar-refractivity contribution in [1.82, 2.24) is 9.80 Å². The number of hydrogen-bond acceptors (Lipinski definition) is 4. The highest BCUT2D eigenvalue weighted by atomic mass is 16.2. The monoisotopic (exact) mass is 287 g/mol. The smallest absolute Gasteiger partial charge is 0.263 e. The van der Waals surface area contributed by atoms with Crippen molar-refractivity contribution < 1.29 is 9.59 Å². The van der Waals surface area contributed by atoms with Gasteiger partial charge in [0.15, 0.2) is 0 Å². The van der Waals surface area contributed by atoms with Crippen LogP contribution in [0, 0.1) is 0 Å². The molecule has 2 aliphatic heterocycles. The number of hydrogen-bond donors (Lipinski definition) is 1. The molecule has 112 valence electrons. The summed E-state index contributed by atoms with van der Waals surface area (Å²) in [5.74, 6) is -0.404. The van der Waals surface area contributed by atoms with Gasteiger partial charge in [-0.3, -0.25) is 14.5 Å². The summed E-state index contributed by atoms with van der Waals surface area (Å²) in [6.07, 6.45) is 2.84. The molecule has 0 saturated carbocycles. The summed E-state index contributed by atoms with van der Waals surface area (Å²) in [5, 5.41) is 0. The minimum atomic E-state index is -0.220. The van der Waals surface area contributed by atoms with Gasteiger partial charge in [0.2, 0.25) is 0 Å². The fourth-order valence-electron chi connectivity index (χ4n) is 3.38. The summed E-state index contributed by atoms with van der Waals surface area (Å²) in [5.41, 5.74) is 7.11. The molecule has 0 atom stereocenters. The first-order valence-electron chi connectivity index (χ1n) is 7.62. The van der Waals surface area contributed by atoms with Gasteiger partial charge in [-0.15, -0.1) is 0 Å².